The molecule has 14 heavy (non-hydrogen) atoms. The summed E-state index contributed by atoms with van der Waals surface area (Å²) < 4.78 is 9.96. The highest BCUT2D eigenvalue weighted by molar-refractivity contribution is 5.85. The number of nitrogens with one attached hydrogen (secondary N) is 1. The van der Waals surface area contributed by atoms with Gasteiger partial charge < -0.3 is 4.57 Å². The number of nitrogens with zero attached hydrogens (tertiary/aromatic N) is 1. The summed E-state index contributed by atoms with van der Waals surface area (Å²) in [6, 6.07) is 8.47. The lowest BCUT2D eigenvalue weighted by molar-refractivity contribution is 0.505. The second kappa shape index (κ2) is 2.85. The van der Waals surface area contributed by atoms with E-state index in [1.165, 1.54) is 22.2 Å². The third-order valence-corrected chi connectivity index (χ3v) is 3.11. The molecular formula is C12H14N2. The number of para-hydroxylation sites is 1. The number of aryl methyl sites for hydroxylation is 1. The van der Waals surface area contributed by atoms with Gasteiger partial charge in [-0.1, -0.05) is 18.2 Å². The zero-order valence-corrected chi connectivity index (χ0v) is 8.33. The summed E-state index contributed by atoms with van der Waals surface area (Å²) in [6.07, 6.45) is 0.990. The van der Waals surface area contributed by atoms with Crippen molar-refractivity contribution in [3.8, 4) is 0 Å². The van der Waals surface area contributed by atoms with Gasteiger partial charge in [0.25, 0.3) is 0 Å². The molecule has 1 aliphatic rings. The smallest absolute Gasteiger partial charge is 0.124 e. The van der Waals surface area contributed by atoms with Gasteiger partial charge in [0, 0.05) is 29.6 Å². The molecule has 0 bridgehead atoms. The monoisotopic (exact) mass is 187 g/mol. The molecule has 0 saturated heterocycles. The third kappa shape index (κ3) is 0.946. The van der Waals surface area contributed by atoms with E-state index in [-0.39, 0.29) is 0 Å². The minimum Gasteiger partial charge on any atom is -0.331 e. The Morgan fingerprint density at radius 3 is 3.21 bits per heavy atom. The topological polar surface area (TPSA) is 17.0 Å². The van der Waals surface area contributed by atoms with Crippen LogP contribution in [-0.2, 0) is 13.1 Å². The normalized spacial score (nSPS) is 18.2. The van der Waals surface area contributed by atoms with Gasteiger partial charge in [-0.05, 0) is 18.6 Å². The van der Waals surface area contributed by atoms with Gasteiger partial charge in [-0.25, -0.2) is 0 Å². The van der Waals surface area contributed by atoms with E-state index in [1.54, 1.807) is 5.31 Å². The Labute approximate surface area is 85.0 Å². The predicted molar refractivity (Wildman–Crippen MR) is 58.4 cm³/mol. The van der Waals surface area contributed by atoms with Crippen LogP contribution in [0.5, 0.6) is 0 Å². The molecule has 0 spiro atoms. The fourth-order valence-electron chi connectivity index (χ4n) is 2.37. The Morgan fingerprint density at radius 1 is 1.43 bits per heavy atom. The predicted octanol–water partition coefficient (Wildman–Crippen LogP) is 2.05. The van der Waals surface area contributed by atoms with Crippen molar-refractivity contribution in [2.24, 2.45) is 0 Å². The molecule has 0 amide bonds. The third-order valence-electron chi connectivity index (χ3n) is 3.11. The second-order valence-electron chi connectivity index (χ2n) is 3.86. The molecule has 3 rings (SSSR count). The van der Waals surface area contributed by atoms with Crippen LogP contribution in [0, 0.1) is 6.92 Å². The highest BCUT2D eigenvalue weighted by atomic mass is 15.1. The average Bonchev–Trinajstić information content (AvgIpc) is 2.54. The zero-order chi connectivity index (χ0) is 10.4. The highest BCUT2D eigenvalue weighted by Gasteiger charge is 2.15. The van der Waals surface area contributed by atoms with Crippen LogP contribution in [0.4, 0.5) is 0 Å². The van der Waals surface area contributed by atoms with Gasteiger partial charge in [0.15, 0.2) is 0 Å². The molecule has 0 radical (unpaired) electrons. The fraction of sp³-hybridized carbons (Fsp3) is 0.333. The Balaban J connectivity index is 2.33. The van der Waals surface area contributed by atoms with Crippen molar-refractivity contribution in [2.45, 2.75) is 20.0 Å². The SMILES string of the molecule is [2H]N1CCc2c(C)c3ccccc3n2C1. The minimum atomic E-state index is 0.698. The van der Waals surface area contributed by atoms with Gasteiger partial charge in [0.1, 0.15) is 1.41 Å². The lowest BCUT2D eigenvalue weighted by Gasteiger charge is -2.17. The van der Waals surface area contributed by atoms with E-state index in [9.17, 15) is 0 Å². The van der Waals surface area contributed by atoms with E-state index in [4.69, 9.17) is 1.41 Å². The van der Waals surface area contributed by atoms with Crippen LogP contribution in [0.3, 0.4) is 0 Å². The summed E-state index contributed by atoms with van der Waals surface area (Å²) >= 11 is 0. The molecule has 2 nitrogen and oxygen atoms in total. The molecule has 2 heterocycles. The molecule has 1 aromatic carbocycles. The van der Waals surface area contributed by atoms with E-state index >= 15 is 0 Å². The first kappa shape index (κ1) is 7.07. The Hall–Kier alpha value is -1.28. The summed E-state index contributed by atoms with van der Waals surface area (Å²) in [5, 5.41) is 2.96. The van der Waals surface area contributed by atoms with Gasteiger partial charge in [0.05, 0.1) is 6.67 Å². The Morgan fingerprint density at radius 2 is 2.29 bits per heavy atom. The fourth-order valence-corrected chi connectivity index (χ4v) is 2.37. The van der Waals surface area contributed by atoms with E-state index < -0.39 is 0 Å². The number of benzene rings is 1. The van der Waals surface area contributed by atoms with Crippen LogP contribution < -0.4 is 5.31 Å². The van der Waals surface area contributed by atoms with E-state index in [0.29, 0.717) is 6.67 Å². The number of rotatable bonds is 0. The van der Waals surface area contributed by atoms with Gasteiger partial charge in [0.2, 0.25) is 0 Å². The molecule has 1 aromatic heterocycles. The standard InChI is InChI=1S/C12H14N2/c1-9-10-4-2-3-5-12(10)14-8-13-7-6-11(9)14/h2-5,13H,6-8H2,1H3/i/hD. The van der Waals surface area contributed by atoms with E-state index in [0.717, 1.165) is 13.0 Å². The summed E-state index contributed by atoms with van der Waals surface area (Å²) in [5.41, 5.74) is 4.06. The minimum absolute atomic E-state index is 0.698. The van der Waals surface area contributed by atoms with Crippen molar-refractivity contribution >= 4 is 10.9 Å². The van der Waals surface area contributed by atoms with Gasteiger partial charge in [-0.2, -0.15) is 0 Å². The quantitative estimate of drug-likeness (QED) is 0.668. The molecule has 0 fully saturated rings. The summed E-state index contributed by atoms with van der Waals surface area (Å²) in [7, 11) is 0. The highest BCUT2D eigenvalue weighted by Crippen LogP contribution is 2.26. The lowest BCUT2D eigenvalue weighted by atomic mass is 10.1. The summed E-state index contributed by atoms with van der Waals surface area (Å²) in [6.45, 7) is 3.73. The maximum absolute atomic E-state index is 7.70. The van der Waals surface area contributed by atoms with Crippen molar-refractivity contribution in [3.05, 3.63) is 35.5 Å². The summed E-state index contributed by atoms with van der Waals surface area (Å²) in [5.74, 6) is 0. The first-order valence-electron chi connectivity index (χ1n) is 5.52. The first-order chi connectivity index (χ1) is 7.27. The first-order valence-corrected chi connectivity index (χ1v) is 5.08. The number of fused-ring (bicyclic) bond motifs is 3. The molecule has 0 atom stereocenters. The maximum Gasteiger partial charge on any atom is 0.124 e. The lowest BCUT2D eigenvalue weighted by Crippen LogP contribution is -2.28. The Kier molecular flexibility index (Phi) is 1.44. The van der Waals surface area contributed by atoms with Crippen molar-refractivity contribution in [1.29, 1.82) is 0 Å². The second-order valence-corrected chi connectivity index (χ2v) is 3.86. The average molecular weight is 187 g/mol. The molecule has 2 heteroatoms. The van der Waals surface area contributed by atoms with Crippen molar-refractivity contribution < 1.29 is 1.41 Å². The van der Waals surface area contributed by atoms with Crippen LogP contribution in [0.1, 0.15) is 11.3 Å². The number of aromatic nitrogens is 1. The van der Waals surface area contributed by atoms with Crippen LogP contribution in [0.2, 0.25) is 1.41 Å². The number of hydrogen-bond donors (Lipinski definition) is 1. The van der Waals surface area contributed by atoms with E-state index in [1.807, 2.05) is 0 Å². The maximum atomic E-state index is 7.70. The number of hydrogen-bond acceptors (Lipinski definition) is 1. The molecule has 0 aliphatic carbocycles. The molecular weight excluding hydrogens is 172 g/mol. The van der Waals surface area contributed by atoms with Crippen LogP contribution in [-0.4, -0.2) is 11.1 Å². The molecule has 72 valence electrons. The largest absolute Gasteiger partial charge is 0.331 e. The molecule has 0 saturated carbocycles. The van der Waals surface area contributed by atoms with Crippen LogP contribution in [0.15, 0.2) is 24.3 Å². The van der Waals surface area contributed by atoms with Crippen molar-refractivity contribution in [3.63, 3.8) is 0 Å². The van der Waals surface area contributed by atoms with Gasteiger partial charge in [-0.15, -0.1) is 0 Å². The zero-order valence-electron chi connectivity index (χ0n) is 9.33. The molecule has 2 aromatic rings. The molecule has 1 N–H and O–H groups in total. The van der Waals surface area contributed by atoms with Crippen LogP contribution in [0.25, 0.3) is 10.9 Å². The van der Waals surface area contributed by atoms with Crippen molar-refractivity contribution in [2.75, 3.05) is 6.54 Å². The van der Waals surface area contributed by atoms with Gasteiger partial charge in [-0.3, -0.25) is 5.31 Å². The van der Waals surface area contributed by atoms with Gasteiger partial charge >= 0.3 is 0 Å². The summed E-state index contributed by atoms with van der Waals surface area (Å²) in [4.78, 5) is 0. The molecule has 1 aliphatic heterocycles. The van der Waals surface area contributed by atoms with E-state index in [2.05, 4.69) is 35.8 Å². The Bertz CT molecular complexity index is 516. The van der Waals surface area contributed by atoms with Crippen LogP contribution >= 0.6 is 0 Å². The van der Waals surface area contributed by atoms with Crippen molar-refractivity contribution in [1.82, 2.24) is 9.88 Å². The molecule has 0 unspecified atom stereocenters.